The van der Waals surface area contributed by atoms with Crippen molar-refractivity contribution in [1.29, 1.82) is 0 Å². The van der Waals surface area contributed by atoms with E-state index in [1.165, 1.54) is 8.61 Å². The second-order valence-electron chi connectivity index (χ2n) is 5.93. The molecule has 132 valence electrons. The first-order chi connectivity index (χ1) is 12.1. The number of benzene rings is 2. The minimum absolute atomic E-state index is 0.178. The number of anilines is 1. The number of rotatable bonds is 5. The Hall–Kier alpha value is -2.22. The van der Waals surface area contributed by atoms with Crippen LogP contribution in [-0.4, -0.2) is 42.6 Å². The highest BCUT2D eigenvalue weighted by Crippen LogP contribution is 2.19. The molecule has 2 aromatic rings. The van der Waals surface area contributed by atoms with E-state index in [4.69, 9.17) is 0 Å². The zero-order chi connectivity index (χ0) is 17.7. The van der Waals surface area contributed by atoms with E-state index in [-0.39, 0.29) is 12.5 Å². The van der Waals surface area contributed by atoms with Crippen LogP contribution in [0.1, 0.15) is 12.0 Å². The third-order valence-electron chi connectivity index (χ3n) is 4.05. The molecule has 25 heavy (non-hydrogen) atoms. The van der Waals surface area contributed by atoms with Crippen LogP contribution in [0, 0.1) is 0 Å². The van der Waals surface area contributed by atoms with Crippen LogP contribution in [0.15, 0.2) is 60.7 Å². The van der Waals surface area contributed by atoms with Gasteiger partial charge in [0.25, 0.3) is 10.2 Å². The summed E-state index contributed by atoms with van der Waals surface area (Å²) in [6.45, 7) is 0.965. The molecule has 7 heteroatoms. The molecule has 1 aliphatic rings. The molecule has 3 rings (SSSR count). The van der Waals surface area contributed by atoms with Crippen molar-refractivity contribution in [2.45, 2.75) is 13.0 Å². The average Bonchev–Trinajstić information content (AvgIpc) is 2.60. The molecule has 0 aromatic heterocycles. The second-order valence-corrected chi connectivity index (χ2v) is 7.86. The van der Waals surface area contributed by atoms with Gasteiger partial charge < -0.3 is 5.32 Å². The van der Waals surface area contributed by atoms with Gasteiger partial charge in [-0.3, -0.25) is 4.79 Å². The lowest BCUT2D eigenvalue weighted by Gasteiger charge is -2.34. The quantitative estimate of drug-likeness (QED) is 0.889. The fourth-order valence-corrected chi connectivity index (χ4v) is 4.45. The van der Waals surface area contributed by atoms with E-state index in [1.807, 2.05) is 48.5 Å². The molecule has 0 atom stereocenters. The molecule has 0 bridgehead atoms. The molecule has 0 saturated carbocycles. The molecule has 1 N–H and O–H groups in total. The molecule has 1 fully saturated rings. The number of hydrogen-bond donors (Lipinski definition) is 1. The summed E-state index contributed by atoms with van der Waals surface area (Å²) < 4.78 is 28.2. The van der Waals surface area contributed by atoms with E-state index in [1.54, 1.807) is 12.1 Å². The lowest BCUT2D eigenvalue weighted by molar-refractivity contribution is -0.116. The van der Waals surface area contributed by atoms with Crippen molar-refractivity contribution >= 4 is 21.8 Å². The van der Waals surface area contributed by atoms with E-state index >= 15 is 0 Å². The van der Waals surface area contributed by atoms with Crippen LogP contribution in [0.25, 0.3) is 0 Å². The number of carbonyl (C=O) groups excluding carboxylic acids is 1. The Kier molecular flexibility index (Phi) is 5.47. The van der Waals surface area contributed by atoms with Crippen LogP contribution in [0.3, 0.4) is 0 Å². The third-order valence-corrected chi connectivity index (χ3v) is 5.98. The Balaban J connectivity index is 1.66. The Bertz CT molecular complexity index is 810. The summed E-state index contributed by atoms with van der Waals surface area (Å²) in [5.41, 5.74) is 1.59. The summed E-state index contributed by atoms with van der Waals surface area (Å²) >= 11 is 0. The van der Waals surface area contributed by atoms with Crippen molar-refractivity contribution < 1.29 is 13.2 Å². The molecule has 2 aromatic carbocycles. The van der Waals surface area contributed by atoms with Crippen LogP contribution in [0.5, 0.6) is 0 Å². The number of carbonyl (C=O) groups is 1. The normalized spacial score (nSPS) is 17.9. The fourth-order valence-electron chi connectivity index (χ4n) is 2.81. The van der Waals surface area contributed by atoms with Gasteiger partial charge in [-0.1, -0.05) is 48.5 Å². The molecule has 1 saturated heterocycles. The average molecular weight is 359 g/mol. The van der Waals surface area contributed by atoms with E-state index in [9.17, 15) is 13.2 Å². The second kappa shape index (κ2) is 7.77. The summed E-state index contributed by atoms with van der Waals surface area (Å²) in [5, 5.41) is 2.73. The maximum atomic E-state index is 12.8. The predicted octanol–water partition coefficient (Wildman–Crippen LogP) is 2.08. The van der Waals surface area contributed by atoms with Crippen LogP contribution >= 0.6 is 0 Å². The standard InChI is InChI=1S/C18H21N3O3S/c22-18(19-17-10-5-2-6-11-17)15-21-13-7-12-20(25(21,23)24)14-16-8-3-1-4-9-16/h1-6,8-11H,7,12-15H2,(H,19,22). The van der Waals surface area contributed by atoms with Gasteiger partial charge in [0.15, 0.2) is 0 Å². The summed E-state index contributed by atoms with van der Waals surface area (Å²) in [5.74, 6) is -0.337. The maximum absolute atomic E-state index is 12.8. The van der Waals surface area contributed by atoms with Crippen LogP contribution in [0.4, 0.5) is 5.69 Å². The minimum atomic E-state index is -3.64. The number of nitrogens with zero attached hydrogens (tertiary/aromatic N) is 2. The predicted molar refractivity (Wildman–Crippen MR) is 97.0 cm³/mol. The zero-order valence-corrected chi connectivity index (χ0v) is 14.7. The Morgan fingerprint density at radius 2 is 1.52 bits per heavy atom. The topological polar surface area (TPSA) is 69.7 Å². The molecule has 1 aliphatic heterocycles. The van der Waals surface area contributed by atoms with Gasteiger partial charge in [-0.15, -0.1) is 0 Å². The molecular weight excluding hydrogens is 338 g/mol. The van der Waals surface area contributed by atoms with Gasteiger partial charge in [-0.25, -0.2) is 0 Å². The Morgan fingerprint density at radius 1 is 0.920 bits per heavy atom. The smallest absolute Gasteiger partial charge is 0.282 e. The molecule has 0 unspecified atom stereocenters. The van der Waals surface area contributed by atoms with Crippen LogP contribution in [-0.2, 0) is 21.5 Å². The van der Waals surface area contributed by atoms with Gasteiger partial charge in [0, 0.05) is 25.3 Å². The molecule has 0 spiro atoms. The highest BCUT2D eigenvalue weighted by molar-refractivity contribution is 7.86. The van der Waals surface area contributed by atoms with E-state index in [2.05, 4.69) is 5.32 Å². The summed E-state index contributed by atoms with van der Waals surface area (Å²) in [7, 11) is -3.64. The first-order valence-electron chi connectivity index (χ1n) is 8.20. The van der Waals surface area contributed by atoms with E-state index in [0.717, 1.165) is 5.56 Å². The largest absolute Gasteiger partial charge is 0.325 e. The van der Waals surface area contributed by atoms with Crippen molar-refractivity contribution in [3.8, 4) is 0 Å². The van der Waals surface area contributed by atoms with Gasteiger partial charge >= 0.3 is 0 Å². The van der Waals surface area contributed by atoms with Crippen molar-refractivity contribution in [1.82, 2.24) is 8.61 Å². The van der Waals surface area contributed by atoms with Gasteiger partial charge in [-0.2, -0.15) is 17.0 Å². The molecule has 1 amide bonds. The number of hydrogen-bond acceptors (Lipinski definition) is 3. The van der Waals surface area contributed by atoms with E-state index < -0.39 is 10.2 Å². The van der Waals surface area contributed by atoms with Crippen molar-refractivity contribution in [2.24, 2.45) is 0 Å². The number of nitrogens with one attached hydrogen (secondary N) is 1. The van der Waals surface area contributed by atoms with Gasteiger partial charge in [0.1, 0.15) is 0 Å². The molecular formula is C18H21N3O3S. The highest BCUT2D eigenvalue weighted by Gasteiger charge is 2.34. The first-order valence-corrected chi connectivity index (χ1v) is 9.59. The highest BCUT2D eigenvalue weighted by atomic mass is 32.2. The molecule has 1 heterocycles. The third kappa shape index (κ3) is 4.45. The van der Waals surface area contributed by atoms with Crippen molar-refractivity contribution in [3.63, 3.8) is 0 Å². The van der Waals surface area contributed by atoms with E-state index in [0.29, 0.717) is 31.7 Å². The maximum Gasteiger partial charge on any atom is 0.282 e. The summed E-state index contributed by atoms with van der Waals surface area (Å²) in [6.07, 6.45) is 0.699. The molecule has 0 radical (unpaired) electrons. The SMILES string of the molecule is O=C(CN1CCCN(Cc2ccccc2)S1(=O)=O)Nc1ccccc1. The van der Waals surface area contributed by atoms with Gasteiger partial charge in [-0.05, 0) is 24.1 Å². The van der Waals surface area contributed by atoms with Gasteiger partial charge in [0.2, 0.25) is 5.91 Å². The monoisotopic (exact) mass is 359 g/mol. The fraction of sp³-hybridized carbons (Fsp3) is 0.278. The zero-order valence-electron chi connectivity index (χ0n) is 13.8. The summed E-state index contributed by atoms with van der Waals surface area (Å²) in [6, 6.07) is 18.5. The lowest BCUT2D eigenvalue weighted by atomic mass is 10.2. The van der Waals surface area contributed by atoms with Crippen molar-refractivity contribution in [3.05, 3.63) is 66.2 Å². The number of para-hydroxylation sites is 1. The van der Waals surface area contributed by atoms with Gasteiger partial charge in [0.05, 0.1) is 6.54 Å². The minimum Gasteiger partial charge on any atom is -0.325 e. The Morgan fingerprint density at radius 3 is 2.20 bits per heavy atom. The van der Waals surface area contributed by atoms with Crippen LogP contribution < -0.4 is 5.32 Å². The van der Waals surface area contributed by atoms with Crippen molar-refractivity contribution in [2.75, 3.05) is 25.0 Å². The number of amides is 1. The lowest BCUT2D eigenvalue weighted by Crippen LogP contribution is -2.51. The first kappa shape index (κ1) is 17.6. The van der Waals surface area contributed by atoms with Crippen LogP contribution in [0.2, 0.25) is 0 Å². The Labute approximate surface area is 148 Å². The molecule has 0 aliphatic carbocycles. The summed E-state index contributed by atoms with van der Waals surface area (Å²) in [4.78, 5) is 12.2. The molecule has 6 nitrogen and oxygen atoms in total.